The second-order valence-electron chi connectivity index (χ2n) is 4.48. The van der Waals surface area contributed by atoms with E-state index in [1.165, 1.54) is 0 Å². The molecule has 0 spiro atoms. The van der Waals surface area contributed by atoms with Crippen LogP contribution in [0.2, 0.25) is 0 Å². The van der Waals surface area contributed by atoms with E-state index in [0.717, 1.165) is 4.88 Å². The molecule has 1 aliphatic heterocycles. The summed E-state index contributed by atoms with van der Waals surface area (Å²) in [4.78, 5) is 11.5. The highest BCUT2D eigenvalue weighted by molar-refractivity contribution is 7.09. The van der Waals surface area contributed by atoms with E-state index in [4.69, 9.17) is 14.7 Å². The number of nitrogens with one attached hydrogen (secondary N) is 1. The van der Waals surface area contributed by atoms with E-state index in [1.54, 1.807) is 16.8 Å². The molecule has 1 aliphatic rings. The van der Waals surface area contributed by atoms with Crippen molar-refractivity contribution in [2.24, 2.45) is 4.99 Å². The number of guanidine groups is 1. The molecule has 7 nitrogen and oxygen atoms in total. The fourth-order valence-electron chi connectivity index (χ4n) is 2.27. The Bertz CT molecular complexity index is 505. The van der Waals surface area contributed by atoms with Gasteiger partial charge in [-0.05, 0) is 13.8 Å². The molecule has 2 rings (SSSR count). The van der Waals surface area contributed by atoms with E-state index in [1.807, 2.05) is 31.1 Å². The van der Waals surface area contributed by atoms with Crippen molar-refractivity contribution in [2.45, 2.75) is 26.2 Å². The first-order chi connectivity index (χ1) is 10.2. The minimum atomic E-state index is -0.755. The molecule has 0 amide bonds. The lowest BCUT2D eigenvalue weighted by Gasteiger charge is -2.40. The number of hydrogen-bond donors (Lipinski definition) is 1. The maximum atomic E-state index is 8.86. The summed E-state index contributed by atoms with van der Waals surface area (Å²) in [6, 6.07) is 0. The van der Waals surface area contributed by atoms with Crippen LogP contribution in [0, 0.1) is 11.5 Å². The first-order valence-electron chi connectivity index (χ1n) is 6.82. The molecule has 21 heavy (non-hydrogen) atoms. The summed E-state index contributed by atoms with van der Waals surface area (Å²) in [5.74, 6) is -0.213. The third-order valence-corrected chi connectivity index (χ3v) is 3.78. The van der Waals surface area contributed by atoms with Crippen LogP contribution in [0.1, 0.15) is 18.7 Å². The van der Waals surface area contributed by atoms with Gasteiger partial charge in [0, 0.05) is 24.3 Å². The predicted molar refractivity (Wildman–Crippen MR) is 79.6 cm³/mol. The van der Waals surface area contributed by atoms with Crippen molar-refractivity contribution < 1.29 is 9.47 Å². The molecule has 114 valence electrons. The van der Waals surface area contributed by atoms with Gasteiger partial charge in [0.15, 0.2) is 6.19 Å². The molecule has 0 unspecified atom stereocenters. The molecular formula is C13H19N5O2S. The molecule has 0 radical (unpaired) electrons. The first kappa shape index (κ1) is 15.7. The molecule has 1 aromatic heterocycles. The van der Waals surface area contributed by atoms with Crippen molar-refractivity contribution in [3.63, 3.8) is 0 Å². The third kappa shape index (κ3) is 3.91. The number of rotatable bonds is 6. The summed E-state index contributed by atoms with van der Waals surface area (Å²) in [7, 11) is 0. The van der Waals surface area contributed by atoms with Gasteiger partial charge in [-0.3, -0.25) is 10.3 Å². The summed E-state index contributed by atoms with van der Waals surface area (Å²) in [6.45, 7) is 6.45. The normalized spacial score (nSPS) is 17.2. The third-order valence-electron chi connectivity index (χ3n) is 3.01. The number of aromatic nitrogens is 1. The van der Waals surface area contributed by atoms with Crippen LogP contribution in [0.4, 0.5) is 0 Å². The van der Waals surface area contributed by atoms with Crippen molar-refractivity contribution in [3.8, 4) is 6.19 Å². The average Bonchev–Trinajstić information content (AvgIpc) is 2.96. The lowest BCUT2D eigenvalue weighted by Crippen LogP contribution is -2.57. The maximum absolute atomic E-state index is 8.86. The molecule has 1 N–H and O–H groups in total. The Kier molecular flexibility index (Phi) is 5.50. The van der Waals surface area contributed by atoms with Crippen molar-refractivity contribution in [2.75, 3.05) is 26.3 Å². The van der Waals surface area contributed by atoms with Gasteiger partial charge in [-0.15, -0.1) is 11.3 Å². The first-order valence-corrected chi connectivity index (χ1v) is 7.70. The van der Waals surface area contributed by atoms with Gasteiger partial charge in [0.25, 0.3) is 0 Å². The molecule has 0 aliphatic carbocycles. The molecule has 0 saturated carbocycles. The van der Waals surface area contributed by atoms with Gasteiger partial charge in [-0.25, -0.2) is 4.99 Å². The Labute approximate surface area is 128 Å². The van der Waals surface area contributed by atoms with Gasteiger partial charge >= 0.3 is 0 Å². The predicted octanol–water partition coefficient (Wildman–Crippen LogP) is 1.15. The molecule has 0 atom stereocenters. The van der Waals surface area contributed by atoms with Gasteiger partial charge in [0.1, 0.15) is 0 Å². The molecule has 0 aromatic carbocycles. The monoisotopic (exact) mass is 309 g/mol. The molecule has 0 bridgehead atoms. The van der Waals surface area contributed by atoms with E-state index in [-0.39, 0.29) is 0 Å². The highest BCUT2D eigenvalue weighted by Gasteiger charge is 2.38. The number of nitrogens with zero attached hydrogens (tertiary/aromatic N) is 4. The average molecular weight is 309 g/mol. The molecule has 1 aromatic rings. The summed E-state index contributed by atoms with van der Waals surface area (Å²) in [5.41, 5.74) is 1.78. The van der Waals surface area contributed by atoms with Gasteiger partial charge in [0.2, 0.25) is 11.7 Å². The van der Waals surface area contributed by atoms with Crippen molar-refractivity contribution >= 4 is 17.3 Å². The van der Waals surface area contributed by atoms with E-state index in [2.05, 4.69) is 15.3 Å². The largest absolute Gasteiger partial charge is 0.347 e. The molecule has 8 heteroatoms. The lowest BCUT2D eigenvalue weighted by atomic mass is 10.2. The number of thiazole rings is 1. The van der Waals surface area contributed by atoms with Crippen molar-refractivity contribution in [1.29, 1.82) is 5.26 Å². The quantitative estimate of drug-likeness (QED) is 0.482. The number of hydrogen-bond acceptors (Lipinski definition) is 8. The lowest BCUT2D eigenvalue weighted by molar-refractivity contribution is -0.233. The van der Waals surface area contributed by atoms with Crippen molar-refractivity contribution in [3.05, 3.63) is 16.6 Å². The van der Waals surface area contributed by atoms with Crippen LogP contribution in [-0.2, 0) is 16.0 Å². The van der Waals surface area contributed by atoms with Crippen LogP contribution in [-0.4, -0.2) is 47.9 Å². The summed E-state index contributed by atoms with van der Waals surface area (Å²) >= 11 is 1.56. The Morgan fingerprint density at radius 3 is 2.81 bits per heavy atom. The van der Waals surface area contributed by atoms with Crippen LogP contribution in [0.15, 0.2) is 16.7 Å². The molecule has 2 heterocycles. The molecule has 0 fully saturated rings. The smallest absolute Gasteiger partial charge is 0.208 e. The summed E-state index contributed by atoms with van der Waals surface area (Å²) < 4.78 is 11.6. The van der Waals surface area contributed by atoms with E-state index < -0.39 is 5.79 Å². The number of ether oxygens (including phenoxy) is 2. The van der Waals surface area contributed by atoms with Crippen LogP contribution >= 0.6 is 11.3 Å². The van der Waals surface area contributed by atoms with Crippen LogP contribution in [0.25, 0.3) is 0 Å². The fraction of sp³-hybridized carbons (Fsp3) is 0.615. The SMILES string of the molecule is CCOC1(OCC)CN=C(NC#N)N(Cc2cncs2)C1. The summed E-state index contributed by atoms with van der Waals surface area (Å²) in [6.07, 6.45) is 3.73. The number of aliphatic imine (C=N–C) groups is 1. The highest BCUT2D eigenvalue weighted by Crippen LogP contribution is 2.22. The van der Waals surface area contributed by atoms with Crippen molar-refractivity contribution in [1.82, 2.24) is 15.2 Å². The minimum absolute atomic E-state index is 0.373. The zero-order chi connectivity index (χ0) is 15.1. The maximum Gasteiger partial charge on any atom is 0.208 e. The Hall–Kier alpha value is -1.69. The minimum Gasteiger partial charge on any atom is -0.347 e. The van der Waals surface area contributed by atoms with Gasteiger partial charge in [0.05, 0.1) is 25.1 Å². The second kappa shape index (κ2) is 7.36. The van der Waals surface area contributed by atoms with Gasteiger partial charge < -0.3 is 14.4 Å². The molecular weight excluding hydrogens is 290 g/mol. The fourth-order valence-corrected chi connectivity index (χ4v) is 2.88. The standard InChI is InChI=1S/C13H19N5O2S/c1-3-19-13(20-4-2)7-16-12(17-9-14)18(8-13)6-11-5-15-10-21-11/h5,10H,3-4,6-8H2,1-2H3,(H,16,17). The van der Waals surface area contributed by atoms with E-state index >= 15 is 0 Å². The second-order valence-corrected chi connectivity index (χ2v) is 5.45. The Morgan fingerprint density at radius 1 is 1.48 bits per heavy atom. The van der Waals surface area contributed by atoms with Crippen LogP contribution in [0.5, 0.6) is 0 Å². The topological polar surface area (TPSA) is 82.8 Å². The zero-order valence-electron chi connectivity index (χ0n) is 12.2. The van der Waals surface area contributed by atoms with Gasteiger partial charge in [-0.1, -0.05) is 0 Å². The van der Waals surface area contributed by atoms with E-state index in [9.17, 15) is 0 Å². The van der Waals surface area contributed by atoms with Gasteiger partial charge in [-0.2, -0.15) is 5.26 Å². The summed E-state index contributed by atoms with van der Waals surface area (Å²) in [5, 5.41) is 11.5. The van der Waals surface area contributed by atoms with E-state index in [0.29, 0.717) is 38.8 Å². The van der Waals surface area contributed by atoms with Crippen LogP contribution < -0.4 is 5.32 Å². The molecule has 0 saturated heterocycles. The van der Waals surface area contributed by atoms with Crippen LogP contribution in [0.3, 0.4) is 0 Å². The number of nitriles is 1. The Morgan fingerprint density at radius 2 is 2.24 bits per heavy atom. The Balaban J connectivity index is 2.18. The zero-order valence-corrected chi connectivity index (χ0v) is 13.0. The highest BCUT2D eigenvalue weighted by atomic mass is 32.1.